The van der Waals surface area contributed by atoms with Gasteiger partial charge < -0.3 is 0 Å². The van der Waals surface area contributed by atoms with E-state index in [0.29, 0.717) is 5.92 Å². The lowest BCUT2D eigenvalue weighted by Crippen LogP contribution is -2.07. The Kier molecular flexibility index (Phi) is 4.93. The average molecular weight is 341 g/mol. The van der Waals surface area contributed by atoms with Crippen molar-refractivity contribution < 1.29 is 0 Å². The topological polar surface area (TPSA) is 0 Å². The second-order valence-corrected chi connectivity index (χ2v) is 7.71. The lowest BCUT2D eigenvalue weighted by molar-refractivity contribution is 0.683. The molecule has 0 amide bonds. The lowest BCUT2D eigenvalue weighted by Gasteiger charge is -2.18. The number of fused-ring (bicyclic) bond motifs is 3. The molecule has 0 fully saturated rings. The third-order valence-corrected chi connectivity index (χ3v) is 5.86. The van der Waals surface area contributed by atoms with Crippen LogP contribution in [0, 0.1) is 6.92 Å². The molecule has 0 radical (unpaired) electrons. The van der Waals surface area contributed by atoms with Gasteiger partial charge in [-0.2, -0.15) is 0 Å². The Hall–Kier alpha value is -2.34. The van der Waals surface area contributed by atoms with Gasteiger partial charge in [0.15, 0.2) is 0 Å². The van der Waals surface area contributed by atoms with Crippen LogP contribution in [-0.4, -0.2) is 0 Å². The van der Waals surface area contributed by atoms with E-state index >= 15 is 0 Å². The average Bonchev–Trinajstić information content (AvgIpc) is 2.83. The van der Waals surface area contributed by atoms with E-state index in [1.54, 1.807) is 0 Å². The molecule has 1 atom stereocenters. The summed E-state index contributed by atoms with van der Waals surface area (Å²) in [6.45, 7) is 4.53. The molecule has 0 saturated heterocycles. The molecule has 1 aliphatic carbocycles. The Bertz CT molecular complexity index is 903. The summed E-state index contributed by atoms with van der Waals surface area (Å²) < 4.78 is 0. The van der Waals surface area contributed by atoms with E-state index in [-0.39, 0.29) is 0 Å². The molecule has 1 aliphatic rings. The fraction of sp³-hybridized carbons (Fsp3) is 0.308. The first-order chi connectivity index (χ1) is 12.8. The highest BCUT2D eigenvalue weighted by Gasteiger charge is 2.23. The Morgan fingerprint density at radius 2 is 1.54 bits per heavy atom. The zero-order chi connectivity index (χ0) is 17.9. The number of rotatable bonds is 4. The van der Waals surface area contributed by atoms with Crippen LogP contribution in [0.2, 0.25) is 0 Å². The van der Waals surface area contributed by atoms with Crippen molar-refractivity contribution in [2.24, 2.45) is 0 Å². The van der Waals surface area contributed by atoms with Gasteiger partial charge in [0, 0.05) is 0 Å². The molecule has 0 spiro atoms. The lowest BCUT2D eigenvalue weighted by atomic mass is 9.86. The highest BCUT2D eigenvalue weighted by Crippen LogP contribution is 2.39. The molecular formula is C26H28. The van der Waals surface area contributed by atoms with Gasteiger partial charge in [0.1, 0.15) is 0 Å². The van der Waals surface area contributed by atoms with Crippen molar-refractivity contribution in [3.8, 4) is 11.1 Å². The summed E-state index contributed by atoms with van der Waals surface area (Å²) in [7, 11) is 0. The van der Waals surface area contributed by atoms with Gasteiger partial charge in [-0.05, 0) is 77.5 Å². The van der Waals surface area contributed by atoms with Gasteiger partial charge in [0.2, 0.25) is 0 Å². The first-order valence-corrected chi connectivity index (χ1v) is 10.0. The van der Waals surface area contributed by atoms with Gasteiger partial charge in [-0.15, -0.1) is 0 Å². The molecule has 0 aromatic heterocycles. The van der Waals surface area contributed by atoms with Crippen molar-refractivity contribution in [1.29, 1.82) is 0 Å². The minimum atomic E-state index is 0.556. The van der Waals surface area contributed by atoms with Gasteiger partial charge >= 0.3 is 0 Å². The maximum atomic E-state index is 2.48. The van der Waals surface area contributed by atoms with Crippen molar-refractivity contribution in [3.05, 3.63) is 94.5 Å². The third-order valence-electron chi connectivity index (χ3n) is 5.86. The van der Waals surface area contributed by atoms with Crippen LogP contribution in [0.5, 0.6) is 0 Å². The van der Waals surface area contributed by atoms with Crippen LogP contribution >= 0.6 is 0 Å². The molecule has 132 valence electrons. The minimum absolute atomic E-state index is 0.556. The third kappa shape index (κ3) is 3.33. The van der Waals surface area contributed by atoms with E-state index in [4.69, 9.17) is 0 Å². The van der Waals surface area contributed by atoms with Crippen molar-refractivity contribution in [3.63, 3.8) is 0 Å². The number of hydrogen-bond acceptors (Lipinski definition) is 0. The van der Waals surface area contributed by atoms with Crippen molar-refractivity contribution in [1.82, 2.24) is 0 Å². The molecule has 1 unspecified atom stereocenters. The van der Waals surface area contributed by atoms with E-state index in [0.717, 1.165) is 12.8 Å². The van der Waals surface area contributed by atoms with Crippen molar-refractivity contribution in [2.75, 3.05) is 0 Å². The van der Waals surface area contributed by atoms with Crippen LogP contribution in [0.3, 0.4) is 0 Å². The monoisotopic (exact) mass is 340 g/mol. The number of benzene rings is 3. The Morgan fingerprint density at radius 1 is 0.808 bits per heavy atom. The predicted octanol–water partition coefficient (Wildman–Crippen LogP) is 6.89. The second kappa shape index (κ2) is 7.50. The van der Waals surface area contributed by atoms with Crippen molar-refractivity contribution in [2.45, 2.75) is 51.9 Å². The van der Waals surface area contributed by atoms with Crippen LogP contribution in [0.4, 0.5) is 0 Å². The van der Waals surface area contributed by atoms with E-state index in [1.165, 1.54) is 58.2 Å². The number of unbranched alkanes of at least 4 members (excludes halogenated alkanes) is 1. The predicted molar refractivity (Wildman–Crippen MR) is 112 cm³/mol. The Balaban J connectivity index is 1.81. The first kappa shape index (κ1) is 17.1. The standard InChI is InChI=1S/C26H28/c1-3-4-10-20-14-15-26-22(16-20)18-23(24-12-7-5-9-19(24)2)17-21-11-6-8-13-25(21)26/h5-9,11-16,23H,3-4,10,17-18H2,1-2H3. The van der Waals surface area contributed by atoms with Crippen LogP contribution in [0.15, 0.2) is 66.7 Å². The fourth-order valence-electron chi connectivity index (χ4n) is 4.44. The Labute approximate surface area is 157 Å². The van der Waals surface area contributed by atoms with Crippen LogP contribution in [-0.2, 0) is 19.3 Å². The van der Waals surface area contributed by atoms with Crippen LogP contribution in [0.1, 0.15) is 53.5 Å². The van der Waals surface area contributed by atoms with E-state index in [2.05, 4.69) is 80.6 Å². The zero-order valence-corrected chi connectivity index (χ0v) is 16.0. The summed E-state index contributed by atoms with van der Waals surface area (Å²) >= 11 is 0. The quantitative estimate of drug-likeness (QED) is 0.485. The molecule has 0 bridgehead atoms. The largest absolute Gasteiger partial charge is 0.0654 e. The van der Waals surface area contributed by atoms with Gasteiger partial charge in [0.05, 0.1) is 0 Å². The van der Waals surface area contributed by atoms with Gasteiger partial charge in [-0.3, -0.25) is 0 Å². The summed E-state index contributed by atoms with van der Waals surface area (Å²) in [6.07, 6.45) is 5.98. The summed E-state index contributed by atoms with van der Waals surface area (Å²) in [5.74, 6) is 0.556. The molecule has 0 N–H and O–H groups in total. The number of aryl methyl sites for hydroxylation is 2. The highest BCUT2D eigenvalue weighted by molar-refractivity contribution is 5.72. The summed E-state index contributed by atoms with van der Waals surface area (Å²) in [5, 5.41) is 0. The maximum absolute atomic E-state index is 2.48. The summed E-state index contributed by atoms with van der Waals surface area (Å²) in [4.78, 5) is 0. The van der Waals surface area contributed by atoms with Crippen LogP contribution < -0.4 is 0 Å². The SMILES string of the molecule is CCCCc1ccc2c(c1)CC(c1ccccc1C)Cc1ccccc1-2. The molecular weight excluding hydrogens is 312 g/mol. The molecule has 0 aliphatic heterocycles. The summed E-state index contributed by atoms with van der Waals surface area (Å²) in [6, 6.07) is 25.1. The van der Waals surface area contributed by atoms with Crippen molar-refractivity contribution >= 4 is 0 Å². The van der Waals surface area contributed by atoms with E-state index < -0.39 is 0 Å². The number of hydrogen-bond donors (Lipinski definition) is 0. The van der Waals surface area contributed by atoms with Gasteiger partial charge in [-0.1, -0.05) is 80.1 Å². The second-order valence-electron chi connectivity index (χ2n) is 7.71. The van der Waals surface area contributed by atoms with Gasteiger partial charge in [-0.25, -0.2) is 0 Å². The highest BCUT2D eigenvalue weighted by atomic mass is 14.3. The maximum Gasteiger partial charge on any atom is -0.00780 e. The molecule has 0 nitrogen and oxygen atoms in total. The molecule has 0 heterocycles. The first-order valence-electron chi connectivity index (χ1n) is 10.0. The molecule has 3 aromatic rings. The van der Waals surface area contributed by atoms with Crippen LogP contribution in [0.25, 0.3) is 11.1 Å². The normalized spacial score (nSPS) is 15.8. The molecule has 0 heteroatoms. The molecule has 0 saturated carbocycles. The fourth-order valence-corrected chi connectivity index (χ4v) is 4.44. The smallest absolute Gasteiger partial charge is 0.00780 e. The molecule has 4 rings (SSSR count). The zero-order valence-electron chi connectivity index (χ0n) is 16.0. The molecule has 26 heavy (non-hydrogen) atoms. The minimum Gasteiger partial charge on any atom is -0.0654 e. The van der Waals surface area contributed by atoms with E-state index in [1.807, 2.05) is 0 Å². The Morgan fingerprint density at radius 3 is 2.38 bits per heavy atom. The molecule has 3 aromatic carbocycles. The summed E-state index contributed by atoms with van der Waals surface area (Å²) in [5.41, 5.74) is 10.3. The van der Waals surface area contributed by atoms with Gasteiger partial charge in [0.25, 0.3) is 0 Å². The van der Waals surface area contributed by atoms with E-state index in [9.17, 15) is 0 Å².